The van der Waals surface area contributed by atoms with Gasteiger partial charge in [-0.25, -0.2) is 0 Å². The summed E-state index contributed by atoms with van der Waals surface area (Å²) in [5.74, 6) is -0.681. The molecule has 0 aromatic rings. The van der Waals surface area contributed by atoms with Crippen molar-refractivity contribution in [2.24, 2.45) is 5.41 Å². The number of carbonyl (C=O) groups is 1. The standard InChI is InChI=1S/C11H19NO3/c1-2-9(10(13)14)12-7-11(8-12)3-5-15-6-4-11/h9H,2-8H2,1H3,(H,13,14). The fourth-order valence-electron chi connectivity index (χ4n) is 2.75. The van der Waals surface area contributed by atoms with Crippen molar-refractivity contribution in [2.45, 2.75) is 32.2 Å². The van der Waals surface area contributed by atoms with Gasteiger partial charge in [-0.05, 0) is 19.3 Å². The summed E-state index contributed by atoms with van der Waals surface area (Å²) >= 11 is 0. The number of hydrogen-bond donors (Lipinski definition) is 1. The van der Waals surface area contributed by atoms with Crippen molar-refractivity contribution < 1.29 is 14.6 Å². The van der Waals surface area contributed by atoms with E-state index >= 15 is 0 Å². The summed E-state index contributed by atoms with van der Waals surface area (Å²) in [5, 5.41) is 9.03. The first-order valence-electron chi connectivity index (χ1n) is 5.71. The quantitative estimate of drug-likeness (QED) is 0.758. The summed E-state index contributed by atoms with van der Waals surface area (Å²) in [6, 6.07) is -0.279. The minimum atomic E-state index is -0.681. The van der Waals surface area contributed by atoms with E-state index in [0.29, 0.717) is 11.8 Å². The summed E-state index contributed by atoms with van der Waals surface area (Å²) < 4.78 is 5.34. The fraction of sp³-hybridized carbons (Fsp3) is 0.909. The van der Waals surface area contributed by atoms with E-state index in [2.05, 4.69) is 4.90 Å². The van der Waals surface area contributed by atoms with Crippen molar-refractivity contribution in [1.82, 2.24) is 4.90 Å². The summed E-state index contributed by atoms with van der Waals surface area (Å²) in [6.45, 7) is 5.52. The van der Waals surface area contributed by atoms with Crippen LogP contribution in [0.5, 0.6) is 0 Å². The number of aliphatic carboxylic acids is 1. The third-order valence-electron chi connectivity index (χ3n) is 3.74. The third kappa shape index (κ3) is 2.01. The van der Waals surface area contributed by atoms with E-state index in [0.717, 1.165) is 39.1 Å². The molecule has 0 amide bonds. The van der Waals surface area contributed by atoms with Gasteiger partial charge in [0.2, 0.25) is 0 Å². The molecule has 0 aliphatic carbocycles. The van der Waals surface area contributed by atoms with Crippen LogP contribution in [0, 0.1) is 5.41 Å². The highest BCUT2D eigenvalue weighted by atomic mass is 16.5. The molecule has 2 rings (SSSR count). The molecular formula is C11H19NO3. The number of rotatable bonds is 3. The first-order valence-corrected chi connectivity index (χ1v) is 5.71. The average Bonchev–Trinajstić information content (AvgIpc) is 2.17. The Bertz CT molecular complexity index is 240. The lowest BCUT2D eigenvalue weighted by Gasteiger charge is -2.54. The van der Waals surface area contributed by atoms with E-state index in [1.165, 1.54) is 0 Å². The molecule has 1 spiro atoms. The Kier molecular flexibility index (Phi) is 2.98. The van der Waals surface area contributed by atoms with Crippen LogP contribution in [0.2, 0.25) is 0 Å². The minimum absolute atomic E-state index is 0.279. The van der Waals surface area contributed by atoms with Gasteiger partial charge < -0.3 is 9.84 Å². The van der Waals surface area contributed by atoms with E-state index < -0.39 is 5.97 Å². The maximum atomic E-state index is 11.0. The molecule has 2 fully saturated rings. The predicted octanol–water partition coefficient (Wildman–Crippen LogP) is 0.962. The SMILES string of the molecule is CCC(C(=O)O)N1CC2(CCOCC2)C1. The van der Waals surface area contributed by atoms with E-state index in [1.54, 1.807) is 0 Å². The monoisotopic (exact) mass is 213 g/mol. The Balaban J connectivity index is 1.88. The molecule has 0 aromatic heterocycles. The van der Waals surface area contributed by atoms with Gasteiger partial charge in [-0.2, -0.15) is 0 Å². The zero-order valence-electron chi connectivity index (χ0n) is 9.24. The lowest BCUT2D eigenvalue weighted by molar-refractivity contribution is -0.154. The minimum Gasteiger partial charge on any atom is -0.480 e. The Labute approximate surface area is 90.2 Å². The van der Waals surface area contributed by atoms with Crippen LogP contribution in [-0.4, -0.2) is 48.3 Å². The number of hydrogen-bond acceptors (Lipinski definition) is 3. The predicted molar refractivity (Wildman–Crippen MR) is 55.8 cm³/mol. The average molecular weight is 213 g/mol. The van der Waals surface area contributed by atoms with Crippen molar-refractivity contribution in [2.75, 3.05) is 26.3 Å². The maximum Gasteiger partial charge on any atom is 0.320 e. The van der Waals surface area contributed by atoms with Gasteiger partial charge in [0.15, 0.2) is 0 Å². The molecular weight excluding hydrogens is 194 g/mol. The normalized spacial score (nSPS) is 27.3. The Morgan fingerprint density at radius 2 is 2.07 bits per heavy atom. The second kappa shape index (κ2) is 4.10. The molecule has 0 bridgehead atoms. The van der Waals surface area contributed by atoms with Crippen molar-refractivity contribution in [3.05, 3.63) is 0 Å². The van der Waals surface area contributed by atoms with Crippen LogP contribution in [0.15, 0.2) is 0 Å². The lowest BCUT2D eigenvalue weighted by Crippen LogP contribution is -2.62. The van der Waals surface area contributed by atoms with Crippen LogP contribution in [0.1, 0.15) is 26.2 Å². The van der Waals surface area contributed by atoms with E-state index in [9.17, 15) is 4.79 Å². The second-order valence-electron chi connectivity index (χ2n) is 4.78. The van der Waals surface area contributed by atoms with Crippen LogP contribution in [0.3, 0.4) is 0 Å². The summed E-state index contributed by atoms with van der Waals surface area (Å²) in [7, 11) is 0. The summed E-state index contributed by atoms with van der Waals surface area (Å²) in [4.78, 5) is 13.1. The van der Waals surface area contributed by atoms with Gasteiger partial charge in [-0.15, -0.1) is 0 Å². The highest BCUT2D eigenvalue weighted by Gasteiger charge is 2.47. The first-order chi connectivity index (χ1) is 7.17. The number of likely N-dealkylation sites (tertiary alicyclic amines) is 1. The zero-order valence-corrected chi connectivity index (χ0v) is 9.24. The molecule has 0 saturated carbocycles. The van der Waals surface area contributed by atoms with E-state index in [1.807, 2.05) is 6.92 Å². The molecule has 86 valence electrons. The summed E-state index contributed by atoms with van der Waals surface area (Å²) in [6.07, 6.45) is 2.89. The molecule has 1 atom stereocenters. The molecule has 0 radical (unpaired) electrons. The number of carboxylic acids is 1. The first kappa shape index (κ1) is 10.9. The zero-order chi connectivity index (χ0) is 10.9. The molecule has 2 heterocycles. The molecule has 4 heteroatoms. The van der Waals surface area contributed by atoms with Gasteiger partial charge in [0.05, 0.1) is 0 Å². The van der Waals surface area contributed by atoms with Gasteiger partial charge in [0, 0.05) is 31.7 Å². The molecule has 2 saturated heterocycles. The molecule has 0 aromatic carbocycles. The number of ether oxygens (including phenoxy) is 1. The highest BCUT2D eigenvalue weighted by Crippen LogP contribution is 2.41. The Morgan fingerprint density at radius 3 is 2.53 bits per heavy atom. The van der Waals surface area contributed by atoms with Crippen LogP contribution < -0.4 is 0 Å². The molecule has 2 aliphatic rings. The number of nitrogens with zero attached hydrogens (tertiary/aromatic N) is 1. The molecule has 15 heavy (non-hydrogen) atoms. The van der Waals surface area contributed by atoms with Crippen molar-refractivity contribution in [3.63, 3.8) is 0 Å². The van der Waals surface area contributed by atoms with Crippen LogP contribution >= 0.6 is 0 Å². The molecule has 2 aliphatic heterocycles. The van der Waals surface area contributed by atoms with Crippen molar-refractivity contribution in [1.29, 1.82) is 0 Å². The lowest BCUT2D eigenvalue weighted by atomic mass is 9.72. The highest BCUT2D eigenvalue weighted by molar-refractivity contribution is 5.73. The van der Waals surface area contributed by atoms with Crippen molar-refractivity contribution in [3.8, 4) is 0 Å². The maximum absolute atomic E-state index is 11.0. The van der Waals surface area contributed by atoms with Crippen LogP contribution in [0.4, 0.5) is 0 Å². The van der Waals surface area contributed by atoms with E-state index in [4.69, 9.17) is 9.84 Å². The smallest absolute Gasteiger partial charge is 0.320 e. The van der Waals surface area contributed by atoms with Gasteiger partial charge in [0.1, 0.15) is 6.04 Å². The largest absolute Gasteiger partial charge is 0.480 e. The second-order valence-corrected chi connectivity index (χ2v) is 4.78. The molecule has 1 N–H and O–H groups in total. The Morgan fingerprint density at radius 1 is 1.47 bits per heavy atom. The molecule has 1 unspecified atom stereocenters. The van der Waals surface area contributed by atoms with Crippen LogP contribution in [0.25, 0.3) is 0 Å². The Hall–Kier alpha value is -0.610. The van der Waals surface area contributed by atoms with Gasteiger partial charge in [-0.3, -0.25) is 9.69 Å². The fourth-order valence-corrected chi connectivity index (χ4v) is 2.75. The van der Waals surface area contributed by atoms with E-state index in [-0.39, 0.29) is 6.04 Å². The third-order valence-corrected chi connectivity index (χ3v) is 3.74. The topological polar surface area (TPSA) is 49.8 Å². The molecule has 4 nitrogen and oxygen atoms in total. The number of carboxylic acid groups (broad SMARTS) is 1. The van der Waals surface area contributed by atoms with Gasteiger partial charge in [-0.1, -0.05) is 6.92 Å². The van der Waals surface area contributed by atoms with Gasteiger partial charge in [0.25, 0.3) is 0 Å². The van der Waals surface area contributed by atoms with Crippen molar-refractivity contribution >= 4 is 5.97 Å². The van der Waals surface area contributed by atoms with Crippen LogP contribution in [-0.2, 0) is 9.53 Å². The van der Waals surface area contributed by atoms with Gasteiger partial charge >= 0.3 is 5.97 Å². The summed E-state index contributed by atoms with van der Waals surface area (Å²) in [5.41, 5.74) is 0.376.